The van der Waals surface area contributed by atoms with Crippen molar-refractivity contribution in [3.05, 3.63) is 34.6 Å². The molecule has 1 saturated heterocycles. The largest absolute Gasteiger partial charge is 0.379 e. The maximum absolute atomic E-state index is 6.34. The van der Waals surface area contributed by atoms with Gasteiger partial charge in [0.15, 0.2) is 5.82 Å². The minimum absolute atomic E-state index is 0.111. The van der Waals surface area contributed by atoms with Crippen LogP contribution in [0.5, 0.6) is 0 Å². The molecule has 2 heterocycles. The van der Waals surface area contributed by atoms with Crippen molar-refractivity contribution in [2.75, 3.05) is 26.3 Å². The molecule has 0 bridgehead atoms. The van der Waals surface area contributed by atoms with Gasteiger partial charge < -0.3 is 4.74 Å². The van der Waals surface area contributed by atoms with Crippen LogP contribution in [0.4, 0.5) is 0 Å². The van der Waals surface area contributed by atoms with Crippen LogP contribution in [0.15, 0.2) is 18.2 Å². The minimum Gasteiger partial charge on any atom is -0.379 e. The molecule has 134 valence electrons. The maximum Gasteiger partial charge on any atom is 0.176 e. The van der Waals surface area contributed by atoms with Crippen molar-refractivity contribution < 1.29 is 4.74 Å². The fraction of sp³-hybridized carbons (Fsp3) is 0.611. The first-order chi connectivity index (χ1) is 12.2. The molecule has 0 N–H and O–H groups in total. The SMILES string of the molecule is Cc1c(Cl)cccc1-n1nnnc1C1(N2CCOCC2)CCCCC1. The van der Waals surface area contributed by atoms with Crippen LogP contribution in [0, 0.1) is 6.92 Å². The molecule has 0 amide bonds. The minimum atomic E-state index is -0.111. The van der Waals surface area contributed by atoms with Gasteiger partial charge in [-0.15, -0.1) is 5.10 Å². The van der Waals surface area contributed by atoms with Gasteiger partial charge in [0.1, 0.15) is 0 Å². The molecule has 1 aliphatic carbocycles. The van der Waals surface area contributed by atoms with Crippen LogP contribution in [0.3, 0.4) is 0 Å². The molecule has 1 aliphatic heterocycles. The van der Waals surface area contributed by atoms with E-state index in [1.54, 1.807) is 0 Å². The van der Waals surface area contributed by atoms with E-state index in [2.05, 4.69) is 20.4 Å². The molecule has 0 radical (unpaired) electrons. The molecule has 4 rings (SSSR count). The van der Waals surface area contributed by atoms with Crippen molar-refractivity contribution in [1.29, 1.82) is 0 Å². The number of hydrogen-bond donors (Lipinski definition) is 0. The third kappa shape index (κ3) is 2.96. The van der Waals surface area contributed by atoms with Gasteiger partial charge in [-0.1, -0.05) is 36.9 Å². The van der Waals surface area contributed by atoms with Gasteiger partial charge >= 0.3 is 0 Å². The van der Waals surface area contributed by atoms with E-state index in [4.69, 9.17) is 16.3 Å². The maximum atomic E-state index is 6.34. The fourth-order valence-electron chi connectivity index (χ4n) is 4.27. The van der Waals surface area contributed by atoms with E-state index >= 15 is 0 Å². The summed E-state index contributed by atoms with van der Waals surface area (Å²) in [4.78, 5) is 2.54. The summed E-state index contributed by atoms with van der Waals surface area (Å²) in [6.45, 7) is 5.44. The predicted molar refractivity (Wildman–Crippen MR) is 96.1 cm³/mol. The van der Waals surface area contributed by atoms with E-state index in [0.717, 1.165) is 61.2 Å². The fourth-order valence-corrected chi connectivity index (χ4v) is 4.44. The molecule has 1 saturated carbocycles. The number of rotatable bonds is 3. The van der Waals surface area contributed by atoms with Gasteiger partial charge in [0, 0.05) is 18.1 Å². The Balaban J connectivity index is 1.81. The number of morpholine rings is 1. The Bertz CT molecular complexity index is 735. The van der Waals surface area contributed by atoms with Crippen molar-refractivity contribution in [2.45, 2.75) is 44.6 Å². The highest BCUT2D eigenvalue weighted by atomic mass is 35.5. The summed E-state index contributed by atoms with van der Waals surface area (Å²) in [5.74, 6) is 0.944. The summed E-state index contributed by atoms with van der Waals surface area (Å²) in [5.41, 5.74) is 1.86. The van der Waals surface area contributed by atoms with Gasteiger partial charge in [0.05, 0.1) is 24.4 Å². The Morgan fingerprint density at radius 1 is 1.12 bits per heavy atom. The Kier molecular flexibility index (Phi) is 4.75. The quantitative estimate of drug-likeness (QED) is 0.840. The van der Waals surface area contributed by atoms with Crippen LogP contribution in [0.25, 0.3) is 5.69 Å². The first kappa shape index (κ1) is 16.9. The lowest BCUT2D eigenvalue weighted by Gasteiger charge is -2.46. The Hall–Kier alpha value is -1.50. The molecule has 1 aromatic carbocycles. The van der Waals surface area contributed by atoms with Crippen molar-refractivity contribution in [2.24, 2.45) is 0 Å². The second kappa shape index (κ2) is 7.02. The molecule has 2 aliphatic rings. The zero-order valence-electron chi connectivity index (χ0n) is 14.6. The molecular formula is C18H24ClN5O. The normalized spacial score (nSPS) is 21.4. The molecule has 2 fully saturated rings. The van der Waals surface area contributed by atoms with Crippen LogP contribution in [0.1, 0.15) is 43.5 Å². The number of halogens is 1. The van der Waals surface area contributed by atoms with E-state index in [1.807, 2.05) is 29.8 Å². The standard InChI is InChI=1S/C18H24ClN5O/c1-14-15(19)6-5-7-16(14)24-17(20-21-22-24)18(8-3-2-4-9-18)23-10-12-25-13-11-23/h5-7H,2-4,8-13H2,1H3. The van der Waals surface area contributed by atoms with Crippen molar-refractivity contribution in [3.8, 4) is 5.69 Å². The summed E-state index contributed by atoms with van der Waals surface area (Å²) in [7, 11) is 0. The average Bonchev–Trinajstić information content (AvgIpc) is 3.15. The van der Waals surface area contributed by atoms with E-state index in [0.29, 0.717) is 0 Å². The summed E-state index contributed by atoms with van der Waals surface area (Å²) < 4.78 is 7.49. The van der Waals surface area contributed by atoms with Gasteiger partial charge in [-0.25, -0.2) is 0 Å². The molecule has 25 heavy (non-hydrogen) atoms. The summed E-state index contributed by atoms with van der Waals surface area (Å²) in [6, 6.07) is 5.90. The van der Waals surface area contributed by atoms with Crippen molar-refractivity contribution in [3.63, 3.8) is 0 Å². The second-order valence-electron chi connectivity index (χ2n) is 6.99. The van der Waals surface area contributed by atoms with Crippen LogP contribution in [0.2, 0.25) is 5.02 Å². The zero-order valence-corrected chi connectivity index (χ0v) is 15.4. The Morgan fingerprint density at radius 3 is 2.64 bits per heavy atom. The molecule has 0 unspecified atom stereocenters. The highest BCUT2D eigenvalue weighted by Crippen LogP contribution is 2.42. The first-order valence-electron chi connectivity index (χ1n) is 9.09. The van der Waals surface area contributed by atoms with E-state index < -0.39 is 0 Å². The van der Waals surface area contributed by atoms with E-state index in [9.17, 15) is 0 Å². The third-order valence-electron chi connectivity index (χ3n) is 5.65. The van der Waals surface area contributed by atoms with Crippen LogP contribution in [-0.2, 0) is 10.3 Å². The molecule has 0 spiro atoms. The predicted octanol–water partition coefficient (Wildman–Crippen LogP) is 3.12. The number of tetrazole rings is 1. The zero-order chi connectivity index (χ0) is 17.3. The second-order valence-corrected chi connectivity index (χ2v) is 7.40. The summed E-state index contributed by atoms with van der Waals surface area (Å²) in [5, 5.41) is 13.6. The molecule has 0 atom stereocenters. The number of ether oxygens (including phenoxy) is 1. The lowest BCUT2D eigenvalue weighted by Crippen LogP contribution is -2.53. The Labute approximate surface area is 153 Å². The van der Waals surface area contributed by atoms with Crippen LogP contribution in [-0.4, -0.2) is 51.4 Å². The molecule has 1 aromatic heterocycles. The average molecular weight is 362 g/mol. The highest BCUT2D eigenvalue weighted by molar-refractivity contribution is 6.31. The van der Waals surface area contributed by atoms with E-state index in [-0.39, 0.29) is 5.54 Å². The monoisotopic (exact) mass is 361 g/mol. The molecular weight excluding hydrogens is 338 g/mol. The first-order valence-corrected chi connectivity index (χ1v) is 9.47. The molecule has 7 heteroatoms. The van der Waals surface area contributed by atoms with Gasteiger partial charge in [0.2, 0.25) is 0 Å². The van der Waals surface area contributed by atoms with Gasteiger partial charge in [-0.2, -0.15) is 4.68 Å². The van der Waals surface area contributed by atoms with Gasteiger partial charge in [0.25, 0.3) is 0 Å². The van der Waals surface area contributed by atoms with Gasteiger partial charge in [-0.05, 0) is 47.9 Å². The third-order valence-corrected chi connectivity index (χ3v) is 6.06. The van der Waals surface area contributed by atoms with Crippen molar-refractivity contribution in [1.82, 2.24) is 25.1 Å². The highest BCUT2D eigenvalue weighted by Gasteiger charge is 2.44. The number of nitrogens with zero attached hydrogens (tertiary/aromatic N) is 5. The van der Waals surface area contributed by atoms with Crippen LogP contribution < -0.4 is 0 Å². The Morgan fingerprint density at radius 2 is 1.88 bits per heavy atom. The molecule has 6 nitrogen and oxygen atoms in total. The van der Waals surface area contributed by atoms with Crippen LogP contribution >= 0.6 is 11.6 Å². The van der Waals surface area contributed by atoms with Gasteiger partial charge in [-0.3, -0.25) is 4.90 Å². The van der Waals surface area contributed by atoms with Crippen molar-refractivity contribution >= 4 is 11.6 Å². The number of hydrogen-bond acceptors (Lipinski definition) is 5. The summed E-state index contributed by atoms with van der Waals surface area (Å²) >= 11 is 6.34. The number of aromatic nitrogens is 4. The smallest absolute Gasteiger partial charge is 0.176 e. The lowest BCUT2D eigenvalue weighted by molar-refractivity contribution is -0.0451. The summed E-state index contributed by atoms with van der Waals surface area (Å²) in [6.07, 6.45) is 5.88. The lowest BCUT2D eigenvalue weighted by atomic mass is 9.79. The van der Waals surface area contributed by atoms with E-state index in [1.165, 1.54) is 19.3 Å². The topological polar surface area (TPSA) is 56.1 Å². The molecule has 2 aromatic rings. The number of benzene rings is 1.